The van der Waals surface area contributed by atoms with Gasteiger partial charge in [0, 0.05) is 33.1 Å². The second kappa shape index (κ2) is 14.5. The number of anilines is 3. The Morgan fingerprint density at radius 3 is 1.67 bits per heavy atom. The molecule has 0 radical (unpaired) electrons. The van der Waals surface area contributed by atoms with Gasteiger partial charge in [0.25, 0.3) is 0 Å². The molecule has 0 saturated carbocycles. The van der Waals surface area contributed by atoms with E-state index in [-0.39, 0.29) is 0 Å². The van der Waals surface area contributed by atoms with Gasteiger partial charge in [-0.05, 0) is 110 Å². The Balaban J connectivity index is 1.01. The molecule has 0 spiro atoms. The number of fused-ring (bicyclic) bond motifs is 8. The molecule has 10 aromatic carbocycles. The highest BCUT2D eigenvalue weighted by molar-refractivity contribution is 7.22. The van der Waals surface area contributed by atoms with Crippen molar-refractivity contribution in [2.75, 3.05) is 4.90 Å². The summed E-state index contributed by atoms with van der Waals surface area (Å²) in [6, 6.07) is 78.3. The van der Waals surface area contributed by atoms with E-state index >= 15 is 0 Å². The number of furan rings is 1. The van der Waals surface area contributed by atoms with Gasteiger partial charge in [0.1, 0.15) is 16.2 Å². The van der Waals surface area contributed by atoms with E-state index in [2.05, 4.69) is 217 Å². The summed E-state index contributed by atoms with van der Waals surface area (Å²) >= 11 is 1.72. The molecule has 0 saturated heterocycles. The number of rotatable bonds is 7. The molecular weight excluding hydrogens is 761 g/mol. The van der Waals surface area contributed by atoms with Crippen molar-refractivity contribution in [2.24, 2.45) is 0 Å². The van der Waals surface area contributed by atoms with Gasteiger partial charge in [-0.2, -0.15) is 0 Å². The number of aromatic nitrogens is 1. The Kier molecular flexibility index (Phi) is 8.36. The van der Waals surface area contributed by atoms with Crippen LogP contribution in [0.2, 0.25) is 0 Å². The van der Waals surface area contributed by atoms with Crippen LogP contribution < -0.4 is 4.90 Å². The summed E-state index contributed by atoms with van der Waals surface area (Å²) in [5.41, 5.74) is 14.0. The Morgan fingerprint density at radius 2 is 0.967 bits per heavy atom. The van der Waals surface area contributed by atoms with Crippen LogP contribution >= 0.6 is 11.3 Å². The number of hydrogen-bond acceptors (Lipinski definition) is 4. The molecule has 2 aromatic heterocycles. The second-order valence-corrected chi connectivity index (χ2v) is 16.5. The third-order valence-corrected chi connectivity index (χ3v) is 13.0. The lowest BCUT2D eigenvalue weighted by molar-refractivity contribution is 0.669. The Bertz CT molecular complexity index is 3520. The van der Waals surface area contributed by atoms with Crippen molar-refractivity contribution in [1.29, 1.82) is 0 Å². The lowest BCUT2D eigenvalue weighted by atomic mass is 9.96. The summed E-state index contributed by atoms with van der Waals surface area (Å²) in [6.07, 6.45) is 0. The van der Waals surface area contributed by atoms with Crippen LogP contribution in [0.3, 0.4) is 0 Å². The lowest BCUT2D eigenvalue weighted by Crippen LogP contribution is -2.11. The predicted molar refractivity (Wildman–Crippen MR) is 258 cm³/mol. The molecule has 0 fully saturated rings. The van der Waals surface area contributed by atoms with Crippen LogP contribution in [-0.2, 0) is 0 Å². The normalized spacial score (nSPS) is 11.6. The molecule has 12 aromatic rings. The van der Waals surface area contributed by atoms with Crippen molar-refractivity contribution >= 4 is 82.1 Å². The zero-order valence-electron chi connectivity index (χ0n) is 33.0. The van der Waals surface area contributed by atoms with Crippen LogP contribution in [0.4, 0.5) is 17.1 Å². The van der Waals surface area contributed by atoms with E-state index in [0.717, 1.165) is 82.0 Å². The van der Waals surface area contributed by atoms with Crippen LogP contribution in [0.1, 0.15) is 0 Å². The average molecular weight is 797 g/mol. The molecular formula is C57H36N2OS. The zero-order chi connectivity index (χ0) is 40.3. The van der Waals surface area contributed by atoms with Gasteiger partial charge in [-0.3, -0.25) is 0 Å². The molecule has 2 heterocycles. The molecule has 0 N–H and O–H groups in total. The number of hydrogen-bond donors (Lipinski definition) is 0. The summed E-state index contributed by atoms with van der Waals surface area (Å²) in [5, 5.41) is 8.11. The Labute approximate surface area is 357 Å². The highest BCUT2D eigenvalue weighted by atomic mass is 32.1. The Morgan fingerprint density at radius 1 is 0.377 bits per heavy atom. The topological polar surface area (TPSA) is 29.3 Å². The quantitative estimate of drug-likeness (QED) is 0.150. The molecule has 4 heteroatoms. The maximum atomic E-state index is 6.56. The fourth-order valence-corrected chi connectivity index (χ4v) is 10.0. The monoisotopic (exact) mass is 796 g/mol. The maximum absolute atomic E-state index is 6.56. The standard InChI is InChI=1S/C57H36N2OS/c1-4-14-37(15-5-1)43-32-44(38-16-6-2-7-17-38)34-46(33-43)59(52-35-42-20-10-11-21-47(42)48-22-12-13-23-49(48)52)45-27-24-39(25-28-45)41-26-29-50-54(36-41)60-53-31-30-51-56(55(50)53)61-57(58-51)40-18-8-3-9-19-40/h1-36H. The van der Waals surface area contributed by atoms with Gasteiger partial charge in [-0.1, -0.05) is 158 Å². The molecule has 0 aliphatic heterocycles. The van der Waals surface area contributed by atoms with Crippen LogP contribution in [0.15, 0.2) is 223 Å². The van der Waals surface area contributed by atoms with Crippen LogP contribution in [-0.4, -0.2) is 4.98 Å². The van der Waals surface area contributed by atoms with E-state index in [4.69, 9.17) is 9.40 Å². The summed E-state index contributed by atoms with van der Waals surface area (Å²) < 4.78 is 7.71. The number of thiazole rings is 1. The van der Waals surface area contributed by atoms with Gasteiger partial charge in [-0.15, -0.1) is 11.3 Å². The van der Waals surface area contributed by atoms with Crippen molar-refractivity contribution in [3.05, 3.63) is 218 Å². The largest absolute Gasteiger partial charge is 0.456 e. The van der Waals surface area contributed by atoms with Crippen molar-refractivity contribution < 1.29 is 4.42 Å². The van der Waals surface area contributed by atoms with Crippen LogP contribution in [0.25, 0.3) is 97.7 Å². The van der Waals surface area contributed by atoms with E-state index < -0.39 is 0 Å². The van der Waals surface area contributed by atoms with Crippen molar-refractivity contribution in [1.82, 2.24) is 4.98 Å². The first kappa shape index (κ1) is 35.2. The van der Waals surface area contributed by atoms with Crippen LogP contribution in [0, 0.1) is 0 Å². The van der Waals surface area contributed by atoms with Gasteiger partial charge >= 0.3 is 0 Å². The summed E-state index contributed by atoms with van der Waals surface area (Å²) in [6.45, 7) is 0. The lowest BCUT2D eigenvalue weighted by Gasteiger charge is -2.29. The summed E-state index contributed by atoms with van der Waals surface area (Å²) in [7, 11) is 0. The van der Waals surface area contributed by atoms with E-state index in [1.165, 1.54) is 32.7 Å². The minimum atomic E-state index is 0.870. The zero-order valence-corrected chi connectivity index (χ0v) is 33.8. The fraction of sp³-hybridized carbons (Fsp3) is 0. The highest BCUT2D eigenvalue weighted by Crippen LogP contribution is 2.46. The fourth-order valence-electron chi connectivity index (χ4n) is 8.91. The smallest absolute Gasteiger partial charge is 0.137 e. The average Bonchev–Trinajstić information content (AvgIpc) is 3.94. The molecule has 0 amide bonds. The summed E-state index contributed by atoms with van der Waals surface area (Å²) in [5.74, 6) is 0. The van der Waals surface area contributed by atoms with Crippen molar-refractivity contribution in [2.45, 2.75) is 0 Å². The highest BCUT2D eigenvalue weighted by Gasteiger charge is 2.21. The molecule has 61 heavy (non-hydrogen) atoms. The molecule has 0 bridgehead atoms. The van der Waals surface area contributed by atoms with Gasteiger partial charge < -0.3 is 9.32 Å². The molecule has 0 unspecified atom stereocenters. The molecule has 12 rings (SSSR count). The molecule has 286 valence electrons. The predicted octanol–water partition coefficient (Wildman–Crippen LogP) is 16.6. The SMILES string of the molecule is c1ccc(-c2cc(-c3ccccc3)cc(N(c3ccc(-c4ccc5c(c4)oc4ccc6nc(-c7ccccc7)sc6c45)cc3)c3cc4ccccc4c4ccccc34)c2)cc1. The maximum Gasteiger partial charge on any atom is 0.137 e. The van der Waals surface area contributed by atoms with Gasteiger partial charge in [0.2, 0.25) is 0 Å². The van der Waals surface area contributed by atoms with Gasteiger partial charge in [0.15, 0.2) is 0 Å². The van der Waals surface area contributed by atoms with Crippen LogP contribution in [0.5, 0.6) is 0 Å². The molecule has 0 aliphatic rings. The van der Waals surface area contributed by atoms with Gasteiger partial charge in [0.05, 0.1) is 15.9 Å². The second-order valence-electron chi connectivity index (χ2n) is 15.5. The van der Waals surface area contributed by atoms with E-state index in [0.29, 0.717) is 0 Å². The first-order chi connectivity index (χ1) is 30.2. The first-order valence-electron chi connectivity index (χ1n) is 20.6. The summed E-state index contributed by atoms with van der Waals surface area (Å²) in [4.78, 5) is 7.43. The van der Waals surface area contributed by atoms with Crippen molar-refractivity contribution in [3.63, 3.8) is 0 Å². The van der Waals surface area contributed by atoms with E-state index in [9.17, 15) is 0 Å². The van der Waals surface area contributed by atoms with Crippen molar-refractivity contribution in [3.8, 4) is 44.0 Å². The first-order valence-corrected chi connectivity index (χ1v) is 21.4. The number of nitrogens with zero attached hydrogens (tertiary/aromatic N) is 2. The minimum absolute atomic E-state index is 0.870. The van der Waals surface area contributed by atoms with Gasteiger partial charge in [-0.25, -0.2) is 4.98 Å². The third kappa shape index (κ3) is 6.16. The molecule has 0 atom stereocenters. The third-order valence-electron chi connectivity index (χ3n) is 11.8. The minimum Gasteiger partial charge on any atom is -0.456 e. The molecule has 3 nitrogen and oxygen atoms in total. The Hall–Kier alpha value is -7.79. The number of benzene rings is 10. The van der Waals surface area contributed by atoms with E-state index in [1.807, 2.05) is 6.07 Å². The van der Waals surface area contributed by atoms with E-state index in [1.54, 1.807) is 11.3 Å². The molecule has 0 aliphatic carbocycles.